The molecule has 0 aliphatic carbocycles. The molecular formula is C19H17N7O2S. The van der Waals surface area contributed by atoms with Crippen molar-refractivity contribution in [3.05, 3.63) is 46.6 Å². The summed E-state index contributed by atoms with van der Waals surface area (Å²) < 4.78 is 6.96. The second-order valence-corrected chi connectivity index (χ2v) is 7.07. The fourth-order valence-corrected chi connectivity index (χ4v) is 3.19. The molecule has 3 rings (SSSR count). The molecule has 3 aromatic heterocycles. The molecule has 1 amide bonds. The Labute approximate surface area is 171 Å². The maximum absolute atomic E-state index is 12.2. The van der Waals surface area contributed by atoms with Crippen LogP contribution in [-0.4, -0.2) is 25.4 Å². The Hall–Kier alpha value is -3.76. The molecule has 0 unspecified atom stereocenters. The number of hydrogen-bond acceptors (Lipinski definition) is 8. The molecule has 0 aliphatic rings. The number of nitrogens with zero attached hydrogens (tertiary/aromatic N) is 6. The van der Waals surface area contributed by atoms with Crippen LogP contribution in [0.15, 0.2) is 23.1 Å². The number of carbonyl (C=O) groups is 1. The highest BCUT2D eigenvalue weighted by molar-refractivity contribution is 7.16. The molecule has 0 aliphatic heterocycles. The van der Waals surface area contributed by atoms with Crippen molar-refractivity contribution in [1.29, 1.82) is 10.5 Å². The van der Waals surface area contributed by atoms with Gasteiger partial charge in [-0.3, -0.25) is 4.79 Å². The molecule has 9 nitrogen and oxygen atoms in total. The Morgan fingerprint density at radius 3 is 2.90 bits per heavy atom. The van der Waals surface area contributed by atoms with Gasteiger partial charge in [-0.15, -0.1) is 0 Å². The number of nitriles is 2. The van der Waals surface area contributed by atoms with Crippen molar-refractivity contribution in [1.82, 2.24) is 19.5 Å². The molecule has 3 aromatic rings. The monoisotopic (exact) mass is 407 g/mol. The molecular weight excluding hydrogens is 390 g/mol. The van der Waals surface area contributed by atoms with E-state index >= 15 is 0 Å². The van der Waals surface area contributed by atoms with Crippen molar-refractivity contribution in [2.75, 3.05) is 5.32 Å². The van der Waals surface area contributed by atoms with Crippen LogP contribution >= 0.6 is 11.3 Å². The number of thiazole rings is 1. The molecule has 0 fully saturated rings. The first-order chi connectivity index (χ1) is 14.1. The summed E-state index contributed by atoms with van der Waals surface area (Å²) >= 11 is 1.29. The molecule has 0 bridgehead atoms. The van der Waals surface area contributed by atoms with Crippen LogP contribution in [0.25, 0.3) is 12.2 Å². The topological polar surface area (TPSA) is 133 Å². The number of anilines is 1. The van der Waals surface area contributed by atoms with Gasteiger partial charge in [0.05, 0.1) is 12.5 Å². The summed E-state index contributed by atoms with van der Waals surface area (Å²) in [7, 11) is 0. The van der Waals surface area contributed by atoms with Crippen LogP contribution in [0.4, 0.5) is 5.13 Å². The van der Waals surface area contributed by atoms with E-state index in [4.69, 9.17) is 14.9 Å². The number of hydrogen-bond donors (Lipinski definition) is 1. The van der Waals surface area contributed by atoms with Gasteiger partial charge >= 0.3 is 0 Å². The molecule has 0 atom stereocenters. The van der Waals surface area contributed by atoms with Crippen LogP contribution in [-0.2, 0) is 17.8 Å². The van der Waals surface area contributed by atoms with E-state index < -0.39 is 0 Å². The first kappa shape index (κ1) is 20.0. The summed E-state index contributed by atoms with van der Waals surface area (Å²) in [4.78, 5) is 25.2. The normalized spacial score (nSPS) is 10.7. The van der Waals surface area contributed by atoms with Gasteiger partial charge in [0.1, 0.15) is 24.4 Å². The zero-order valence-corrected chi connectivity index (χ0v) is 16.4. The number of rotatable bonds is 8. The molecule has 0 saturated carbocycles. The molecule has 0 radical (unpaired) electrons. The fraction of sp³-hybridized carbons (Fsp3) is 0.263. The van der Waals surface area contributed by atoms with E-state index in [1.807, 2.05) is 18.2 Å². The van der Waals surface area contributed by atoms with Gasteiger partial charge in [-0.2, -0.15) is 10.5 Å². The largest absolute Gasteiger partial charge is 0.442 e. The first-order valence-electron chi connectivity index (χ1n) is 8.86. The number of unbranched alkanes of at least 4 members (excludes halogenated alkanes) is 1. The predicted molar refractivity (Wildman–Crippen MR) is 106 cm³/mol. The Kier molecular flexibility index (Phi) is 6.51. The third-order valence-corrected chi connectivity index (χ3v) is 4.75. The van der Waals surface area contributed by atoms with E-state index in [1.165, 1.54) is 22.2 Å². The number of amides is 1. The fourth-order valence-electron chi connectivity index (χ4n) is 2.46. The lowest BCUT2D eigenvalue weighted by Gasteiger charge is -2.03. The quantitative estimate of drug-likeness (QED) is 0.606. The van der Waals surface area contributed by atoms with Crippen LogP contribution in [0.1, 0.15) is 47.7 Å². The number of aryl methyl sites for hydroxylation is 1. The highest BCUT2D eigenvalue weighted by Crippen LogP contribution is 2.21. The van der Waals surface area contributed by atoms with Gasteiger partial charge in [0, 0.05) is 23.6 Å². The van der Waals surface area contributed by atoms with Gasteiger partial charge in [0.15, 0.2) is 16.5 Å². The molecule has 0 saturated heterocycles. The molecule has 0 aromatic carbocycles. The number of nitrogens with one attached hydrogen (secondary N) is 1. The summed E-state index contributed by atoms with van der Waals surface area (Å²) in [6.07, 6.45) is 11.2. The minimum atomic E-state index is -0.374. The van der Waals surface area contributed by atoms with Crippen LogP contribution in [0, 0.1) is 22.7 Å². The van der Waals surface area contributed by atoms with E-state index in [1.54, 1.807) is 18.5 Å². The van der Waals surface area contributed by atoms with E-state index in [-0.39, 0.29) is 23.8 Å². The zero-order valence-electron chi connectivity index (χ0n) is 15.6. The van der Waals surface area contributed by atoms with Gasteiger partial charge in [0.2, 0.25) is 11.8 Å². The second-order valence-electron chi connectivity index (χ2n) is 6.01. The van der Waals surface area contributed by atoms with E-state index in [0.717, 1.165) is 29.9 Å². The van der Waals surface area contributed by atoms with E-state index in [9.17, 15) is 4.79 Å². The molecule has 3 heterocycles. The van der Waals surface area contributed by atoms with E-state index in [2.05, 4.69) is 27.2 Å². The summed E-state index contributed by atoms with van der Waals surface area (Å²) in [5.74, 6) is 1.01. The Bertz CT molecular complexity index is 1110. The summed E-state index contributed by atoms with van der Waals surface area (Å²) in [5, 5.41) is 21.1. The zero-order chi connectivity index (χ0) is 20.6. The molecule has 29 heavy (non-hydrogen) atoms. The summed E-state index contributed by atoms with van der Waals surface area (Å²) in [5.41, 5.74) is 0.0426. The minimum Gasteiger partial charge on any atom is -0.442 e. The van der Waals surface area contributed by atoms with Crippen molar-refractivity contribution in [2.24, 2.45) is 0 Å². The molecule has 1 N–H and O–H groups in total. The van der Waals surface area contributed by atoms with Gasteiger partial charge in [-0.25, -0.2) is 15.0 Å². The average Bonchev–Trinajstić information content (AvgIpc) is 3.44. The lowest BCUT2D eigenvalue weighted by molar-refractivity contribution is -0.116. The highest BCUT2D eigenvalue weighted by atomic mass is 32.1. The average molecular weight is 407 g/mol. The van der Waals surface area contributed by atoms with Crippen LogP contribution in [0.5, 0.6) is 0 Å². The van der Waals surface area contributed by atoms with Crippen molar-refractivity contribution < 1.29 is 9.21 Å². The maximum Gasteiger partial charge on any atom is 0.246 e. The van der Waals surface area contributed by atoms with Crippen molar-refractivity contribution in [3.8, 4) is 12.1 Å². The Balaban J connectivity index is 1.58. The number of oxazole rings is 1. The Morgan fingerprint density at radius 1 is 1.28 bits per heavy atom. The van der Waals surface area contributed by atoms with Crippen molar-refractivity contribution >= 4 is 34.5 Å². The molecule has 10 heteroatoms. The van der Waals surface area contributed by atoms with Gasteiger partial charge in [-0.05, 0) is 12.5 Å². The highest BCUT2D eigenvalue weighted by Gasteiger charge is 2.13. The molecule has 0 spiro atoms. The van der Waals surface area contributed by atoms with Crippen LogP contribution in [0.3, 0.4) is 0 Å². The number of carbonyl (C=O) groups excluding carboxylic acids is 1. The van der Waals surface area contributed by atoms with E-state index in [0.29, 0.717) is 11.0 Å². The van der Waals surface area contributed by atoms with Crippen LogP contribution in [0.2, 0.25) is 0 Å². The summed E-state index contributed by atoms with van der Waals surface area (Å²) in [6, 6.07) is 3.69. The van der Waals surface area contributed by atoms with Gasteiger partial charge in [-0.1, -0.05) is 24.7 Å². The standard InChI is InChI=1S/C19H17N7O2S/c1-2-3-4-13-9-22-18(28-13)6-5-14-10-23-19(29-14)25-17(27)11-26-12-24-15(7-20)16(26)8-21/h5-6,9-10,12H,2-4,11H2,1H3,(H,23,25,27)/b6-5+. The lowest BCUT2D eigenvalue weighted by Crippen LogP contribution is -2.19. The van der Waals surface area contributed by atoms with Gasteiger partial charge < -0.3 is 14.3 Å². The summed E-state index contributed by atoms with van der Waals surface area (Å²) in [6.45, 7) is 1.98. The molecule has 146 valence electrons. The minimum absolute atomic E-state index is 0.00800. The maximum atomic E-state index is 12.2. The second kappa shape index (κ2) is 9.44. The lowest BCUT2D eigenvalue weighted by atomic mass is 10.2. The van der Waals surface area contributed by atoms with Gasteiger partial charge in [0.25, 0.3) is 0 Å². The SMILES string of the molecule is CCCCc1cnc(/C=C/c2cnc(NC(=O)Cn3cnc(C#N)c3C#N)s2)o1. The number of aromatic nitrogens is 4. The third kappa shape index (κ3) is 5.15. The third-order valence-electron chi connectivity index (χ3n) is 3.87. The van der Waals surface area contributed by atoms with Crippen molar-refractivity contribution in [3.63, 3.8) is 0 Å². The van der Waals surface area contributed by atoms with Crippen molar-refractivity contribution in [2.45, 2.75) is 32.7 Å². The smallest absolute Gasteiger partial charge is 0.246 e. The Morgan fingerprint density at radius 2 is 2.14 bits per heavy atom. The predicted octanol–water partition coefficient (Wildman–Crippen LogP) is 3.22. The number of imidazole rings is 1. The van der Waals surface area contributed by atoms with Crippen LogP contribution < -0.4 is 5.32 Å². The first-order valence-corrected chi connectivity index (χ1v) is 9.68.